The second kappa shape index (κ2) is 25.6. The minimum atomic E-state index is -1.99. The molecule has 5 aliphatic rings. The molecule has 0 bridgehead atoms. The van der Waals surface area contributed by atoms with E-state index in [0.717, 1.165) is 34.6 Å². The summed E-state index contributed by atoms with van der Waals surface area (Å²) in [5.74, 6) is -3.78. The number of aliphatic hydroxyl groups excluding tert-OH is 11. The summed E-state index contributed by atoms with van der Waals surface area (Å²) in [5.41, 5.74) is 6.09. The van der Waals surface area contributed by atoms with Crippen molar-refractivity contribution in [2.75, 3.05) is 33.0 Å². The van der Waals surface area contributed by atoms with E-state index in [1.54, 1.807) is 0 Å². The quantitative estimate of drug-likeness (QED) is 0.0567. The van der Waals surface area contributed by atoms with Crippen LogP contribution in [0, 0.1) is 0 Å². The van der Waals surface area contributed by atoms with Gasteiger partial charge in [-0.2, -0.15) is 0 Å². The molecule has 0 aliphatic carbocycles. The lowest BCUT2D eigenvalue weighted by Gasteiger charge is -2.51. The molecule has 31 nitrogen and oxygen atoms in total. The number of amides is 4. The fourth-order valence-electron chi connectivity index (χ4n) is 8.89. The molecule has 31 heteroatoms. The first-order valence-corrected chi connectivity index (χ1v) is 22.5. The van der Waals surface area contributed by atoms with Crippen molar-refractivity contribution in [2.24, 2.45) is 5.73 Å². The van der Waals surface area contributed by atoms with E-state index in [1.807, 2.05) is 0 Å². The molecule has 0 radical (unpaired) electrons. The molecule has 5 fully saturated rings. The topological polar surface area (TPSA) is 474 Å². The molecule has 5 saturated heterocycles. The second-order valence-electron chi connectivity index (χ2n) is 17.6. The molecule has 0 aromatic carbocycles. The number of carbonyl (C=O) groups is 5. The molecule has 71 heavy (non-hydrogen) atoms. The Hall–Kier alpha value is -3.49. The number of hydrogen-bond donors (Lipinski definition) is 16. The van der Waals surface area contributed by atoms with Crippen LogP contribution in [0.4, 0.5) is 0 Å². The van der Waals surface area contributed by atoms with Crippen LogP contribution in [0.15, 0.2) is 0 Å². The van der Waals surface area contributed by atoms with E-state index in [-0.39, 0.29) is 0 Å². The van der Waals surface area contributed by atoms with E-state index in [0.29, 0.717) is 0 Å². The molecule has 5 aliphatic heterocycles. The minimum Gasteiger partial charge on any atom is -0.463 e. The van der Waals surface area contributed by atoms with E-state index >= 15 is 0 Å². The summed E-state index contributed by atoms with van der Waals surface area (Å²) in [7, 11) is 0. The van der Waals surface area contributed by atoms with Gasteiger partial charge in [-0.3, -0.25) is 24.0 Å². The van der Waals surface area contributed by atoms with Crippen molar-refractivity contribution in [1.82, 2.24) is 21.3 Å². The third-order valence-electron chi connectivity index (χ3n) is 12.3. The van der Waals surface area contributed by atoms with Gasteiger partial charge in [0, 0.05) is 34.6 Å². The Labute approximate surface area is 404 Å². The first kappa shape index (κ1) is 58.4. The van der Waals surface area contributed by atoms with Crippen molar-refractivity contribution < 1.29 is 128 Å². The maximum Gasteiger partial charge on any atom is 0.302 e. The molecule has 0 aromatic heterocycles. The first-order valence-electron chi connectivity index (χ1n) is 22.5. The molecular formula is C40H67N5O26. The Bertz CT molecular complexity index is 1790. The number of carbonyl (C=O) groups excluding carboxylic acids is 5. The molecule has 408 valence electrons. The molecule has 0 spiro atoms. The summed E-state index contributed by atoms with van der Waals surface area (Å²) in [6.07, 6.45) is -34.5. The van der Waals surface area contributed by atoms with Crippen LogP contribution in [0.25, 0.3) is 0 Å². The molecule has 5 rings (SSSR count). The maximum absolute atomic E-state index is 12.7. The van der Waals surface area contributed by atoms with Crippen molar-refractivity contribution >= 4 is 29.6 Å². The van der Waals surface area contributed by atoms with Gasteiger partial charge in [0.15, 0.2) is 31.5 Å². The fraction of sp³-hybridized carbons (Fsp3) is 0.875. The largest absolute Gasteiger partial charge is 0.463 e. The lowest BCUT2D eigenvalue weighted by Crippen LogP contribution is -2.72. The average Bonchev–Trinajstić information content (AvgIpc) is 3.30. The Balaban J connectivity index is 1.38. The Kier molecular flexibility index (Phi) is 21.1. The maximum atomic E-state index is 12.7. The molecule has 25 atom stereocenters. The van der Waals surface area contributed by atoms with E-state index in [1.165, 1.54) is 0 Å². The summed E-state index contributed by atoms with van der Waals surface area (Å²) in [4.78, 5) is 61.0. The molecular weight excluding hydrogens is 966 g/mol. The summed E-state index contributed by atoms with van der Waals surface area (Å²) >= 11 is 0. The predicted octanol–water partition coefficient (Wildman–Crippen LogP) is -10.8. The Morgan fingerprint density at radius 2 is 0.718 bits per heavy atom. The average molecular weight is 1030 g/mol. The number of esters is 1. The highest BCUT2D eigenvalue weighted by molar-refractivity contribution is 5.74. The van der Waals surface area contributed by atoms with Crippen molar-refractivity contribution in [3.8, 4) is 0 Å². The van der Waals surface area contributed by atoms with Gasteiger partial charge in [-0.15, -0.1) is 0 Å². The van der Waals surface area contributed by atoms with Gasteiger partial charge in [-0.25, -0.2) is 0 Å². The van der Waals surface area contributed by atoms with Gasteiger partial charge in [0.2, 0.25) is 23.6 Å². The van der Waals surface area contributed by atoms with Crippen molar-refractivity contribution in [2.45, 2.75) is 188 Å². The van der Waals surface area contributed by atoms with Gasteiger partial charge in [-0.1, -0.05) is 0 Å². The monoisotopic (exact) mass is 1030 g/mol. The molecule has 5 heterocycles. The Morgan fingerprint density at radius 3 is 1.04 bits per heavy atom. The van der Waals surface area contributed by atoms with Crippen LogP contribution in [0.1, 0.15) is 34.6 Å². The van der Waals surface area contributed by atoms with Gasteiger partial charge < -0.3 is 131 Å². The normalized spacial score (nSPS) is 43.9. The smallest absolute Gasteiger partial charge is 0.302 e. The van der Waals surface area contributed by atoms with Crippen LogP contribution in [-0.4, -0.2) is 272 Å². The lowest BCUT2D eigenvalue weighted by molar-refractivity contribution is -0.367. The van der Waals surface area contributed by atoms with Crippen molar-refractivity contribution in [1.29, 1.82) is 0 Å². The Morgan fingerprint density at radius 1 is 0.423 bits per heavy atom. The van der Waals surface area contributed by atoms with Gasteiger partial charge in [0.25, 0.3) is 0 Å². The van der Waals surface area contributed by atoms with E-state index in [2.05, 4.69) is 21.3 Å². The van der Waals surface area contributed by atoms with Gasteiger partial charge in [-0.05, 0) is 0 Å². The van der Waals surface area contributed by atoms with Gasteiger partial charge in [0.05, 0.1) is 32.5 Å². The minimum absolute atomic E-state index is 0.545. The van der Waals surface area contributed by atoms with Crippen molar-refractivity contribution in [3.05, 3.63) is 0 Å². The van der Waals surface area contributed by atoms with Crippen LogP contribution in [0.3, 0.4) is 0 Å². The number of hydrogen-bond acceptors (Lipinski definition) is 27. The van der Waals surface area contributed by atoms with Crippen LogP contribution in [0.2, 0.25) is 0 Å². The van der Waals surface area contributed by atoms with Crippen LogP contribution in [-0.2, 0) is 71.3 Å². The van der Waals surface area contributed by atoms with Crippen LogP contribution in [0.5, 0.6) is 0 Å². The van der Waals surface area contributed by atoms with Gasteiger partial charge >= 0.3 is 5.97 Å². The zero-order valence-corrected chi connectivity index (χ0v) is 39.1. The molecule has 0 unspecified atom stereocenters. The third kappa shape index (κ3) is 13.8. The molecule has 0 saturated carbocycles. The van der Waals surface area contributed by atoms with Gasteiger partial charge in [0.1, 0.15) is 122 Å². The summed E-state index contributed by atoms with van der Waals surface area (Å²) in [5, 5.41) is 130. The van der Waals surface area contributed by atoms with Crippen LogP contribution >= 0.6 is 0 Å². The van der Waals surface area contributed by atoms with E-state index in [4.69, 9.17) is 53.1 Å². The fourth-order valence-corrected chi connectivity index (χ4v) is 8.89. The molecule has 17 N–H and O–H groups in total. The first-order chi connectivity index (χ1) is 33.5. The highest BCUT2D eigenvalue weighted by Crippen LogP contribution is 2.36. The second-order valence-corrected chi connectivity index (χ2v) is 17.6. The lowest BCUT2D eigenvalue weighted by atomic mass is 9.93. The third-order valence-corrected chi connectivity index (χ3v) is 12.3. The predicted molar refractivity (Wildman–Crippen MR) is 224 cm³/mol. The summed E-state index contributed by atoms with van der Waals surface area (Å²) < 4.78 is 57.9. The number of nitrogens with one attached hydrogen (secondary N) is 4. The number of ether oxygens (including phenoxy) is 10. The summed E-state index contributed by atoms with van der Waals surface area (Å²) in [6.45, 7) is 1.04. The van der Waals surface area contributed by atoms with E-state index in [9.17, 15) is 80.1 Å². The molecule has 0 aromatic rings. The van der Waals surface area contributed by atoms with Crippen molar-refractivity contribution in [3.63, 3.8) is 0 Å². The number of aliphatic hydroxyl groups is 11. The summed E-state index contributed by atoms with van der Waals surface area (Å²) in [6, 6.07) is -8.00. The zero-order valence-electron chi connectivity index (χ0n) is 39.1. The van der Waals surface area contributed by atoms with Crippen LogP contribution < -0.4 is 27.0 Å². The highest BCUT2D eigenvalue weighted by Gasteiger charge is 2.57. The number of nitrogens with two attached hydrogens (primary N) is 1. The van der Waals surface area contributed by atoms with E-state index < -0.39 is 216 Å². The SMILES string of the molecule is CC(=O)N[C@@H]1[C@@H](O)[C@H](O[C@@H]2O[C@H](CO)[C@@H](O[C@@H]3O[C@H](CO)[C@@H](O[C@@H]4O[C@H](CO)[C@@H](O[C@@H]5O[C@H](COC(C)=O)[C@@H](O)[C@H](O)[C@H]5N)[C@H](O)[C@H]4NC(C)=O)[C@H](O)[C@H]3NC(C)=O)[C@H](O)[C@H]2NC(C)=O)[C@@H](CO)O[C@H]1O. The zero-order chi connectivity index (χ0) is 52.8. The number of rotatable bonds is 18. The molecule has 4 amide bonds. The highest BCUT2D eigenvalue weighted by atomic mass is 16.8. The standard InChI is InChI=1S/C40H67N5O26/c1-11(50)42-22-28(57)32(16(6-46)63-36(22)61)69-38-24(44-13(3)52)30(59)34(18(8-48)65-38)71-40-25(45-14(4)53)31(60)35(19(9-49)66-40)70-39-23(43-12(2)51)29(58)33(17(7-47)64-39)68-37-21(41)27(56)26(55)20(67-37)10-62-15(5)54/h16-40,46-49,55-61H,6-10,41H2,1-5H3,(H,42,50)(H,43,51)(H,44,52)(H,45,53)/t16-,17-,18-,19-,20-,21-,22-,23-,24-,25-,26-,27-,28-,29-,30-,31-,32-,33-,34-,35-,36-,37+,38+,39+,40+/m1/s1.